The molecule has 5 heteroatoms. The Morgan fingerprint density at radius 3 is 2.31 bits per heavy atom. The van der Waals surface area contributed by atoms with Gasteiger partial charge in [0.15, 0.2) is 5.82 Å². The second-order valence-corrected chi connectivity index (χ2v) is 6.60. The zero-order valence-corrected chi connectivity index (χ0v) is 14.9. The average molecular weight is 346 g/mol. The van der Waals surface area contributed by atoms with E-state index < -0.39 is 0 Å². The summed E-state index contributed by atoms with van der Waals surface area (Å²) < 4.78 is 1.92. The number of rotatable bonds is 3. The van der Waals surface area contributed by atoms with Crippen molar-refractivity contribution in [3.05, 3.63) is 66.7 Å². The van der Waals surface area contributed by atoms with Gasteiger partial charge in [0.1, 0.15) is 0 Å². The fraction of sp³-hybridized carbons (Fsp3) is 0.238. The topological polar surface area (TPSA) is 41.4 Å². The largest absolute Gasteiger partial charge is 0.304 e. The lowest BCUT2D eigenvalue weighted by atomic mass is 10.1. The molecule has 26 heavy (non-hydrogen) atoms. The molecule has 0 aliphatic carbocycles. The number of benzene rings is 2. The van der Waals surface area contributed by atoms with E-state index in [-0.39, 0.29) is 5.91 Å². The number of aromatic nitrogens is 2. The molecule has 1 aliphatic heterocycles. The van der Waals surface area contributed by atoms with Crippen LogP contribution in [0.2, 0.25) is 0 Å². The van der Waals surface area contributed by atoms with Gasteiger partial charge in [0, 0.05) is 37.7 Å². The van der Waals surface area contributed by atoms with E-state index >= 15 is 0 Å². The molecule has 2 aromatic carbocycles. The third-order valence-electron chi connectivity index (χ3n) is 4.76. The van der Waals surface area contributed by atoms with Gasteiger partial charge in [-0.2, -0.15) is 0 Å². The van der Waals surface area contributed by atoms with Crippen LogP contribution in [0, 0.1) is 0 Å². The van der Waals surface area contributed by atoms with Crippen molar-refractivity contribution >= 4 is 11.7 Å². The fourth-order valence-corrected chi connectivity index (χ4v) is 3.25. The van der Waals surface area contributed by atoms with Crippen LogP contribution in [0.1, 0.15) is 6.42 Å². The van der Waals surface area contributed by atoms with Gasteiger partial charge in [0.25, 0.3) is 0 Å². The Morgan fingerprint density at radius 2 is 1.58 bits per heavy atom. The molecule has 0 saturated carbocycles. The quantitative estimate of drug-likeness (QED) is 0.731. The summed E-state index contributed by atoms with van der Waals surface area (Å²) in [6.45, 7) is 2.31. The van der Waals surface area contributed by atoms with Gasteiger partial charge in [-0.1, -0.05) is 48.5 Å². The number of anilines is 1. The van der Waals surface area contributed by atoms with Crippen LogP contribution in [0.3, 0.4) is 0 Å². The minimum absolute atomic E-state index is 0.131. The highest BCUT2D eigenvalue weighted by atomic mass is 16.2. The highest BCUT2D eigenvalue weighted by Crippen LogP contribution is 2.28. The van der Waals surface area contributed by atoms with E-state index in [1.54, 1.807) is 0 Å². The van der Waals surface area contributed by atoms with Gasteiger partial charge in [-0.05, 0) is 19.2 Å². The number of hydrogen-bond acceptors (Lipinski definition) is 3. The summed E-state index contributed by atoms with van der Waals surface area (Å²) in [6.07, 6.45) is 0.523. The third kappa shape index (κ3) is 3.26. The van der Waals surface area contributed by atoms with E-state index in [0.717, 1.165) is 30.0 Å². The van der Waals surface area contributed by atoms with E-state index in [1.807, 2.05) is 64.2 Å². The SMILES string of the molecule is CN1CCC(=O)N(c2cc(-c3ccccc3)n(-c3ccccc3)n2)CC1. The zero-order valence-electron chi connectivity index (χ0n) is 14.9. The Labute approximate surface area is 153 Å². The molecule has 1 aliphatic rings. The Bertz CT molecular complexity index is 832. The summed E-state index contributed by atoms with van der Waals surface area (Å²) in [6, 6.07) is 22.2. The van der Waals surface area contributed by atoms with Crippen molar-refractivity contribution in [2.75, 3.05) is 31.6 Å². The molecule has 0 radical (unpaired) electrons. The van der Waals surface area contributed by atoms with Crippen molar-refractivity contribution in [1.29, 1.82) is 0 Å². The van der Waals surface area contributed by atoms with Crippen molar-refractivity contribution in [2.45, 2.75) is 6.42 Å². The van der Waals surface area contributed by atoms with Gasteiger partial charge < -0.3 is 4.90 Å². The van der Waals surface area contributed by atoms with E-state index in [1.165, 1.54) is 0 Å². The van der Waals surface area contributed by atoms with Gasteiger partial charge in [-0.3, -0.25) is 9.69 Å². The van der Waals surface area contributed by atoms with E-state index in [2.05, 4.69) is 24.1 Å². The summed E-state index contributed by atoms with van der Waals surface area (Å²) in [5.41, 5.74) is 3.05. The van der Waals surface area contributed by atoms with Gasteiger partial charge in [0.2, 0.25) is 5.91 Å². The molecular weight excluding hydrogens is 324 g/mol. The van der Waals surface area contributed by atoms with Crippen molar-refractivity contribution in [3.63, 3.8) is 0 Å². The molecule has 4 rings (SSSR count). The summed E-state index contributed by atoms with van der Waals surface area (Å²) in [5.74, 6) is 0.847. The zero-order chi connectivity index (χ0) is 17.9. The smallest absolute Gasteiger partial charge is 0.229 e. The van der Waals surface area contributed by atoms with Crippen molar-refractivity contribution in [1.82, 2.24) is 14.7 Å². The summed E-state index contributed by atoms with van der Waals surface area (Å²) in [5, 5.41) is 4.80. The Kier molecular flexibility index (Phi) is 4.54. The van der Waals surface area contributed by atoms with Gasteiger partial charge >= 0.3 is 0 Å². The second kappa shape index (κ2) is 7.14. The molecule has 1 aromatic heterocycles. The molecule has 0 atom stereocenters. The van der Waals surface area contributed by atoms with Crippen LogP contribution in [-0.4, -0.2) is 47.3 Å². The van der Waals surface area contributed by atoms with E-state index in [0.29, 0.717) is 18.8 Å². The van der Waals surface area contributed by atoms with Crippen molar-refractivity contribution in [3.8, 4) is 16.9 Å². The maximum Gasteiger partial charge on any atom is 0.229 e. The Hall–Kier alpha value is -2.92. The minimum Gasteiger partial charge on any atom is -0.304 e. The standard InChI is InChI=1S/C21H22N4O/c1-23-13-12-21(26)24(15-14-23)20-16-19(17-8-4-2-5-9-17)25(22-20)18-10-6-3-7-11-18/h2-11,16H,12-15H2,1H3. The normalized spacial score (nSPS) is 15.9. The van der Waals surface area contributed by atoms with Crippen LogP contribution in [-0.2, 0) is 4.79 Å². The maximum atomic E-state index is 12.6. The summed E-state index contributed by atoms with van der Waals surface area (Å²) in [7, 11) is 2.05. The van der Waals surface area contributed by atoms with Gasteiger partial charge in [-0.15, -0.1) is 5.10 Å². The molecule has 5 nitrogen and oxygen atoms in total. The van der Waals surface area contributed by atoms with Crippen LogP contribution in [0.4, 0.5) is 5.82 Å². The Balaban J connectivity index is 1.80. The lowest BCUT2D eigenvalue weighted by Crippen LogP contribution is -2.32. The first-order valence-corrected chi connectivity index (χ1v) is 8.92. The van der Waals surface area contributed by atoms with E-state index in [4.69, 9.17) is 5.10 Å². The number of para-hydroxylation sites is 1. The Morgan fingerprint density at radius 1 is 0.885 bits per heavy atom. The molecule has 0 N–H and O–H groups in total. The van der Waals surface area contributed by atoms with Crippen LogP contribution in [0.5, 0.6) is 0 Å². The number of likely N-dealkylation sites (N-methyl/N-ethyl adjacent to an activating group) is 1. The van der Waals surface area contributed by atoms with Crippen LogP contribution >= 0.6 is 0 Å². The first-order valence-electron chi connectivity index (χ1n) is 8.92. The van der Waals surface area contributed by atoms with Crippen LogP contribution in [0.15, 0.2) is 66.7 Å². The molecular formula is C21H22N4O. The molecule has 2 heterocycles. The average Bonchev–Trinajstić information content (AvgIpc) is 3.05. The second-order valence-electron chi connectivity index (χ2n) is 6.60. The lowest BCUT2D eigenvalue weighted by molar-refractivity contribution is -0.118. The molecule has 1 saturated heterocycles. The predicted octanol–water partition coefficient (Wildman–Crippen LogP) is 3.21. The number of carbonyl (C=O) groups excluding carboxylic acids is 1. The van der Waals surface area contributed by atoms with Crippen molar-refractivity contribution in [2.24, 2.45) is 0 Å². The summed E-state index contributed by atoms with van der Waals surface area (Å²) >= 11 is 0. The third-order valence-corrected chi connectivity index (χ3v) is 4.76. The number of hydrogen-bond donors (Lipinski definition) is 0. The first kappa shape index (κ1) is 16.5. The molecule has 3 aromatic rings. The minimum atomic E-state index is 0.131. The summed E-state index contributed by atoms with van der Waals surface area (Å²) in [4.78, 5) is 16.6. The highest BCUT2D eigenvalue weighted by Gasteiger charge is 2.24. The molecule has 132 valence electrons. The lowest BCUT2D eigenvalue weighted by Gasteiger charge is -2.17. The first-order chi connectivity index (χ1) is 12.7. The molecule has 1 fully saturated rings. The highest BCUT2D eigenvalue weighted by molar-refractivity contribution is 5.93. The fourth-order valence-electron chi connectivity index (χ4n) is 3.25. The van der Waals surface area contributed by atoms with Gasteiger partial charge in [-0.25, -0.2) is 4.68 Å². The molecule has 1 amide bonds. The van der Waals surface area contributed by atoms with Crippen LogP contribution in [0.25, 0.3) is 16.9 Å². The van der Waals surface area contributed by atoms with E-state index in [9.17, 15) is 4.79 Å². The molecule has 0 spiro atoms. The van der Waals surface area contributed by atoms with Crippen molar-refractivity contribution < 1.29 is 4.79 Å². The van der Waals surface area contributed by atoms with Crippen LogP contribution < -0.4 is 4.90 Å². The predicted molar refractivity (Wildman–Crippen MR) is 103 cm³/mol. The number of carbonyl (C=O) groups is 1. The monoisotopic (exact) mass is 346 g/mol. The van der Waals surface area contributed by atoms with Gasteiger partial charge in [0.05, 0.1) is 11.4 Å². The number of nitrogens with zero attached hydrogens (tertiary/aromatic N) is 4. The molecule has 0 bridgehead atoms. The number of amides is 1. The maximum absolute atomic E-state index is 12.6. The molecule has 0 unspecified atom stereocenters.